The summed E-state index contributed by atoms with van der Waals surface area (Å²) in [5.74, 6) is 0. The van der Waals surface area contributed by atoms with E-state index in [9.17, 15) is 4.79 Å². The van der Waals surface area contributed by atoms with E-state index in [2.05, 4.69) is 26.1 Å². The molecular formula is C13H26N2O2. The number of carbonyl (C=O) groups excluding carboxylic acids is 1. The van der Waals surface area contributed by atoms with E-state index in [-0.39, 0.29) is 18.7 Å². The van der Waals surface area contributed by atoms with Crippen LogP contribution in [0.25, 0.3) is 0 Å². The van der Waals surface area contributed by atoms with Crippen molar-refractivity contribution in [2.24, 2.45) is 5.41 Å². The fourth-order valence-electron chi connectivity index (χ4n) is 2.21. The largest absolute Gasteiger partial charge is 0.394 e. The molecule has 0 spiro atoms. The van der Waals surface area contributed by atoms with Crippen LogP contribution < -0.4 is 5.32 Å². The van der Waals surface area contributed by atoms with Crippen LogP contribution in [0.2, 0.25) is 0 Å². The Kier molecular flexibility index (Phi) is 5.25. The molecule has 2 N–H and O–H groups in total. The number of urea groups is 1. The number of likely N-dealkylation sites (tertiary alicyclic amines) is 1. The van der Waals surface area contributed by atoms with Crippen LogP contribution in [0.4, 0.5) is 4.79 Å². The molecule has 0 aromatic carbocycles. The molecule has 1 atom stereocenters. The molecule has 0 unspecified atom stereocenters. The lowest BCUT2D eigenvalue weighted by molar-refractivity contribution is 0.157. The van der Waals surface area contributed by atoms with Crippen molar-refractivity contribution in [1.29, 1.82) is 0 Å². The van der Waals surface area contributed by atoms with E-state index in [1.54, 1.807) is 4.90 Å². The molecule has 4 nitrogen and oxygen atoms in total. The van der Waals surface area contributed by atoms with Crippen LogP contribution >= 0.6 is 0 Å². The molecular weight excluding hydrogens is 216 g/mol. The molecule has 0 aliphatic carbocycles. The summed E-state index contributed by atoms with van der Waals surface area (Å²) >= 11 is 0. The van der Waals surface area contributed by atoms with E-state index in [4.69, 9.17) is 5.11 Å². The highest BCUT2D eigenvalue weighted by atomic mass is 16.3. The molecule has 4 heteroatoms. The van der Waals surface area contributed by atoms with E-state index >= 15 is 0 Å². The minimum Gasteiger partial charge on any atom is -0.394 e. The highest BCUT2D eigenvalue weighted by Crippen LogP contribution is 2.20. The zero-order chi connectivity index (χ0) is 12.9. The van der Waals surface area contributed by atoms with Gasteiger partial charge in [0.1, 0.15) is 0 Å². The third-order valence-corrected chi connectivity index (χ3v) is 3.23. The Morgan fingerprint density at radius 1 is 1.47 bits per heavy atom. The fraction of sp³-hybridized carbons (Fsp3) is 0.923. The minimum atomic E-state index is -0.0181. The van der Waals surface area contributed by atoms with Crippen molar-refractivity contribution < 1.29 is 9.90 Å². The number of carbonyl (C=O) groups is 1. The van der Waals surface area contributed by atoms with E-state index < -0.39 is 0 Å². The molecule has 0 bridgehead atoms. The first-order chi connectivity index (χ1) is 7.94. The van der Waals surface area contributed by atoms with Gasteiger partial charge in [-0.3, -0.25) is 0 Å². The zero-order valence-electron chi connectivity index (χ0n) is 11.3. The van der Waals surface area contributed by atoms with Crippen molar-refractivity contribution in [2.75, 3.05) is 19.7 Å². The third-order valence-electron chi connectivity index (χ3n) is 3.23. The highest BCUT2D eigenvalue weighted by Gasteiger charge is 2.27. The molecule has 1 aliphatic rings. The van der Waals surface area contributed by atoms with E-state index in [1.165, 1.54) is 0 Å². The van der Waals surface area contributed by atoms with Gasteiger partial charge in [0.2, 0.25) is 0 Å². The number of aliphatic hydroxyl groups excluding tert-OH is 1. The topological polar surface area (TPSA) is 52.6 Å². The Morgan fingerprint density at radius 2 is 2.18 bits per heavy atom. The maximum Gasteiger partial charge on any atom is 0.317 e. The summed E-state index contributed by atoms with van der Waals surface area (Å²) < 4.78 is 0. The molecule has 0 aromatic heterocycles. The van der Waals surface area contributed by atoms with Crippen molar-refractivity contribution in [3.05, 3.63) is 0 Å². The number of hydrogen-bond acceptors (Lipinski definition) is 2. The first kappa shape index (κ1) is 14.3. The Bertz CT molecular complexity index is 248. The standard InChI is InChI=1S/C13H26N2O2/c1-13(2,3)7-5-8-14-12(17)15-9-4-6-11(15)10-16/h11,16H,4-10H2,1-3H3,(H,14,17)/t11-/m1/s1. The quantitative estimate of drug-likeness (QED) is 0.741. The molecule has 1 fully saturated rings. The molecule has 1 aliphatic heterocycles. The average Bonchev–Trinajstić information content (AvgIpc) is 2.70. The molecule has 1 heterocycles. The molecule has 100 valence electrons. The number of nitrogens with zero attached hydrogens (tertiary/aromatic N) is 1. The SMILES string of the molecule is CC(C)(C)CCCNC(=O)N1CCC[C@@H]1CO. The van der Waals surface area contributed by atoms with Gasteiger partial charge in [-0.05, 0) is 31.1 Å². The van der Waals surface area contributed by atoms with Crippen LogP contribution in [0.15, 0.2) is 0 Å². The van der Waals surface area contributed by atoms with Gasteiger partial charge < -0.3 is 15.3 Å². The lowest BCUT2D eigenvalue weighted by atomic mass is 9.91. The maximum absolute atomic E-state index is 11.8. The monoisotopic (exact) mass is 242 g/mol. The smallest absolute Gasteiger partial charge is 0.317 e. The normalized spacial score (nSPS) is 20.7. The summed E-state index contributed by atoms with van der Waals surface area (Å²) in [6.07, 6.45) is 4.04. The number of rotatable bonds is 4. The van der Waals surface area contributed by atoms with Gasteiger partial charge in [0.05, 0.1) is 12.6 Å². The lowest BCUT2D eigenvalue weighted by Crippen LogP contribution is -2.44. The van der Waals surface area contributed by atoms with Crippen LogP contribution in [-0.2, 0) is 0 Å². The summed E-state index contributed by atoms with van der Waals surface area (Å²) in [5.41, 5.74) is 0.325. The Morgan fingerprint density at radius 3 is 2.76 bits per heavy atom. The number of nitrogens with one attached hydrogen (secondary N) is 1. The van der Waals surface area contributed by atoms with E-state index in [0.29, 0.717) is 5.41 Å². The van der Waals surface area contributed by atoms with Gasteiger partial charge >= 0.3 is 6.03 Å². The average molecular weight is 242 g/mol. The number of hydrogen-bond donors (Lipinski definition) is 2. The minimum absolute atomic E-state index is 0.0181. The first-order valence-electron chi connectivity index (χ1n) is 6.59. The van der Waals surface area contributed by atoms with Gasteiger partial charge in [0.15, 0.2) is 0 Å². The second-order valence-corrected chi connectivity index (χ2v) is 6.07. The Hall–Kier alpha value is -0.770. The van der Waals surface area contributed by atoms with Crippen LogP contribution in [0.1, 0.15) is 46.5 Å². The predicted octanol–water partition coefficient (Wildman–Crippen LogP) is 1.98. The zero-order valence-corrected chi connectivity index (χ0v) is 11.3. The van der Waals surface area contributed by atoms with Crippen molar-refractivity contribution in [3.63, 3.8) is 0 Å². The van der Waals surface area contributed by atoms with Crippen LogP contribution in [-0.4, -0.2) is 41.8 Å². The van der Waals surface area contributed by atoms with Gasteiger partial charge in [0.25, 0.3) is 0 Å². The van der Waals surface area contributed by atoms with Crippen molar-refractivity contribution in [3.8, 4) is 0 Å². The molecule has 0 aromatic rings. The second-order valence-electron chi connectivity index (χ2n) is 6.07. The van der Waals surface area contributed by atoms with Gasteiger partial charge in [-0.1, -0.05) is 20.8 Å². The summed E-state index contributed by atoms with van der Waals surface area (Å²) in [7, 11) is 0. The van der Waals surface area contributed by atoms with Gasteiger partial charge in [-0.25, -0.2) is 4.79 Å². The summed E-state index contributed by atoms with van der Waals surface area (Å²) in [5, 5.41) is 12.1. The Labute approximate surface area is 104 Å². The van der Waals surface area contributed by atoms with Crippen LogP contribution in [0.3, 0.4) is 0 Å². The molecule has 2 amide bonds. The molecule has 1 saturated heterocycles. The van der Waals surface area contributed by atoms with Crippen molar-refractivity contribution in [2.45, 2.75) is 52.5 Å². The molecule has 0 saturated carbocycles. The predicted molar refractivity (Wildman–Crippen MR) is 68.9 cm³/mol. The van der Waals surface area contributed by atoms with Gasteiger partial charge in [-0.15, -0.1) is 0 Å². The summed E-state index contributed by atoms with van der Waals surface area (Å²) in [6, 6.07) is 0.00748. The molecule has 17 heavy (non-hydrogen) atoms. The van der Waals surface area contributed by atoms with Crippen molar-refractivity contribution in [1.82, 2.24) is 10.2 Å². The van der Waals surface area contributed by atoms with E-state index in [1.807, 2.05) is 0 Å². The summed E-state index contributed by atoms with van der Waals surface area (Å²) in [4.78, 5) is 13.6. The number of aliphatic hydroxyl groups is 1. The number of amides is 2. The fourth-order valence-corrected chi connectivity index (χ4v) is 2.21. The van der Waals surface area contributed by atoms with E-state index in [0.717, 1.165) is 38.8 Å². The molecule has 1 rings (SSSR count). The van der Waals surface area contributed by atoms with Crippen LogP contribution in [0, 0.1) is 5.41 Å². The third kappa shape index (κ3) is 4.94. The Balaban J connectivity index is 2.21. The van der Waals surface area contributed by atoms with Crippen molar-refractivity contribution >= 4 is 6.03 Å². The van der Waals surface area contributed by atoms with Gasteiger partial charge in [0, 0.05) is 13.1 Å². The maximum atomic E-state index is 11.8. The van der Waals surface area contributed by atoms with Gasteiger partial charge in [-0.2, -0.15) is 0 Å². The first-order valence-corrected chi connectivity index (χ1v) is 6.59. The second kappa shape index (κ2) is 6.24. The van der Waals surface area contributed by atoms with Crippen LogP contribution in [0.5, 0.6) is 0 Å². The summed E-state index contributed by atoms with van der Waals surface area (Å²) in [6.45, 7) is 8.20. The molecule has 0 radical (unpaired) electrons. The highest BCUT2D eigenvalue weighted by molar-refractivity contribution is 5.74. The lowest BCUT2D eigenvalue weighted by Gasteiger charge is -2.24.